The summed E-state index contributed by atoms with van der Waals surface area (Å²) in [4.78, 5) is 44.2. The molecule has 2 N–H and O–H groups in total. The molecule has 1 aromatic carbocycles. The summed E-state index contributed by atoms with van der Waals surface area (Å²) in [6.45, 7) is 6.64. The zero-order chi connectivity index (χ0) is 30.7. The van der Waals surface area contributed by atoms with Crippen molar-refractivity contribution in [3.63, 3.8) is 0 Å². The molecular formula is C28H31ClF3N7O3S. The van der Waals surface area contributed by atoms with E-state index in [2.05, 4.69) is 37.0 Å². The van der Waals surface area contributed by atoms with Crippen LogP contribution in [0.3, 0.4) is 0 Å². The normalized spacial score (nSPS) is 18.3. The Bertz CT molecular complexity index is 1460. The van der Waals surface area contributed by atoms with Crippen LogP contribution in [0.2, 0.25) is 5.02 Å². The maximum absolute atomic E-state index is 13.6. The highest BCUT2D eigenvalue weighted by Crippen LogP contribution is 2.39. The number of nitrogens with one attached hydrogen (secondary N) is 1. The van der Waals surface area contributed by atoms with E-state index in [1.54, 1.807) is 0 Å². The largest absolute Gasteiger partial charge is 0.481 e. The van der Waals surface area contributed by atoms with E-state index in [1.807, 2.05) is 4.90 Å². The number of benzene rings is 1. The molecule has 0 spiro atoms. The Kier molecular flexibility index (Phi) is 9.49. The zero-order valence-electron chi connectivity index (χ0n) is 23.4. The summed E-state index contributed by atoms with van der Waals surface area (Å²) in [5, 5.41) is 11.8. The number of carboxylic acid groups (broad SMARTS) is 1. The molecular weight excluding hydrogens is 607 g/mol. The second-order valence-corrected chi connectivity index (χ2v) is 12.2. The third kappa shape index (κ3) is 7.80. The van der Waals surface area contributed by atoms with Crippen molar-refractivity contribution in [1.82, 2.24) is 24.8 Å². The van der Waals surface area contributed by atoms with Crippen LogP contribution >= 0.6 is 22.9 Å². The van der Waals surface area contributed by atoms with Gasteiger partial charge in [-0.15, -0.1) is 0 Å². The van der Waals surface area contributed by atoms with Crippen LogP contribution < -0.4 is 10.2 Å². The number of hydrogen-bond acceptors (Lipinski definition) is 9. The van der Waals surface area contributed by atoms with Gasteiger partial charge >= 0.3 is 12.1 Å². The van der Waals surface area contributed by atoms with Gasteiger partial charge in [0.15, 0.2) is 5.13 Å². The molecule has 0 bridgehead atoms. The van der Waals surface area contributed by atoms with Gasteiger partial charge in [-0.25, -0.2) is 15.0 Å². The predicted molar refractivity (Wildman–Crippen MR) is 158 cm³/mol. The Labute approximate surface area is 255 Å². The third-order valence-corrected chi connectivity index (χ3v) is 8.84. The lowest BCUT2D eigenvalue weighted by molar-refractivity contribution is -0.138. The van der Waals surface area contributed by atoms with Crippen LogP contribution in [0.1, 0.15) is 47.1 Å². The molecule has 2 aromatic heterocycles. The molecule has 4 heterocycles. The van der Waals surface area contributed by atoms with Crippen molar-refractivity contribution < 1.29 is 27.9 Å². The first-order valence-corrected chi connectivity index (χ1v) is 15.1. The van der Waals surface area contributed by atoms with Crippen molar-refractivity contribution in [2.75, 3.05) is 49.5 Å². The molecule has 0 saturated carbocycles. The maximum Gasteiger partial charge on any atom is 0.416 e. The first-order chi connectivity index (χ1) is 20.5. The minimum absolute atomic E-state index is 0.0547. The zero-order valence-corrected chi connectivity index (χ0v) is 25.0. The van der Waals surface area contributed by atoms with Crippen molar-refractivity contribution >= 4 is 45.8 Å². The molecule has 3 aromatic rings. The minimum Gasteiger partial charge on any atom is -0.481 e. The van der Waals surface area contributed by atoms with E-state index in [9.17, 15) is 22.8 Å². The molecule has 5 rings (SSSR count). The number of nitrogens with zero attached hydrogens (tertiary/aromatic N) is 6. The number of anilines is 2. The second kappa shape index (κ2) is 13.1. The monoisotopic (exact) mass is 637 g/mol. The predicted octanol–water partition coefficient (Wildman–Crippen LogP) is 5.11. The molecule has 1 atom stereocenters. The van der Waals surface area contributed by atoms with Gasteiger partial charge in [0, 0.05) is 60.8 Å². The summed E-state index contributed by atoms with van der Waals surface area (Å²) in [7, 11) is 0. The summed E-state index contributed by atoms with van der Waals surface area (Å²) in [5.74, 6) is -0.760. The number of aliphatic carboxylic acids is 1. The van der Waals surface area contributed by atoms with Crippen LogP contribution in [0, 0.1) is 0 Å². The summed E-state index contributed by atoms with van der Waals surface area (Å²) >= 11 is 7.29. The lowest BCUT2D eigenvalue weighted by Crippen LogP contribution is -2.47. The summed E-state index contributed by atoms with van der Waals surface area (Å²) in [6.07, 6.45) is 0.465. The third-order valence-electron chi connectivity index (χ3n) is 7.66. The van der Waals surface area contributed by atoms with Gasteiger partial charge in [-0.1, -0.05) is 22.9 Å². The lowest BCUT2D eigenvalue weighted by Gasteiger charge is -2.34. The van der Waals surface area contributed by atoms with Crippen molar-refractivity contribution in [3.05, 3.63) is 51.7 Å². The molecule has 2 fully saturated rings. The van der Waals surface area contributed by atoms with Crippen LogP contribution in [0.4, 0.5) is 24.1 Å². The van der Waals surface area contributed by atoms with Gasteiger partial charge in [-0.05, 0) is 44.5 Å². The fourth-order valence-corrected chi connectivity index (χ4v) is 6.50. The Morgan fingerprint density at radius 2 is 1.88 bits per heavy atom. The van der Waals surface area contributed by atoms with E-state index in [0.29, 0.717) is 56.8 Å². The number of thiazole rings is 1. The summed E-state index contributed by atoms with van der Waals surface area (Å²) in [5.41, 5.74) is -0.231. The lowest BCUT2D eigenvalue weighted by atomic mass is 10.1. The van der Waals surface area contributed by atoms with E-state index in [0.717, 1.165) is 36.4 Å². The molecule has 43 heavy (non-hydrogen) atoms. The molecule has 10 nitrogen and oxygen atoms in total. The van der Waals surface area contributed by atoms with Crippen LogP contribution in [-0.2, 0) is 17.5 Å². The van der Waals surface area contributed by atoms with Gasteiger partial charge in [0.05, 0.1) is 30.1 Å². The first kappa shape index (κ1) is 31.1. The quantitative estimate of drug-likeness (QED) is 0.331. The van der Waals surface area contributed by atoms with Gasteiger partial charge in [0.2, 0.25) is 0 Å². The number of alkyl halides is 3. The molecule has 2 saturated heterocycles. The summed E-state index contributed by atoms with van der Waals surface area (Å²) < 4.78 is 40.7. The van der Waals surface area contributed by atoms with E-state index < -0.39 is 23.6 Å². The highest BCUT2D eigenvalue weighted by atomic mass is 35.5. The molecule has 1 unspecified atom stereocenters. The van der Waals surface area contributed by atoms with Crippen LogP contribution in [0.25, 0.3) is 11.3 Å². The number of carboxylic acids is 1. The van der Waals surface area contributed by atoms with E-state index in [4.69, 9.17) is 16.7 Å². The average molecular weight is 638 g/mol. The van der Waals surface area contributed by atoms with Crippen molar-refractivity contribution in [3.8, 4) is 11.3 Å². The van der Waals surface area contributed by atoms with Gasteiger partial charge in [0.25, 0.3) is 5.91 Å². The Balaban J connectivity index is 1.31. The van der Waals surface area contributed by atoms with Gasteiger partial charge < -0.3 is 10.0 Å². The van der Waals surface area contributed by atoms with Crippen LogP contribution in [0.15, 0.2) is 30.6 Å². The number of halogens is 4. The Hall–Kier alpha value is -3.33. The number of hydrogen-bond donors (Lipinski definition) is 2. The number of carbonyl (C=O) groups is 2. The van der Waals surface area contributed by atoms with Crippen molar-refractivity contribution in [2.45, 2.75) is 44.9 Å². The molecule has 0 aliphatic carbocycles. The summed E-state index contributed by atoms with van der Waals surface area (Å²) in [6, 6.07) is 3.67. The fourth-order valence-electron chi connectivity index (χ4n) is 5.26. The first-order valence-electron chi connectivity index (χ1n) is 13.9. The van der Waals surface area contributed by atoms with Crippen molar-refractivity contribution in [2.24, 2.45) is 0 Å². The number of rotatable bonds is 9. The molecule has 2 aliphatic heterocycles. The van der Waals surface area contributed by atoms with Gasteiger partial charge in [-0.2, -0.15) is 13.2 Å². The number of amides is 1. The topological polar surface area (TPSA) is 115 Å². The SMILES string of the molecule is CC1CCCN1Cc1sc(NC(=O)c2cnc(N3CCN(CCC(=O)O)CC3)cn2)nc1-c1cc(Cl)cc(C(F)(F)F)c1. The molecule has 15 heteroatoms. The van der Waals surface area contributed by atoms with E-state index in [1.165, 1.54) is 29.8 Å². The van der Waals surface area contributed by atoms with Crippen LogP contribution in [0.5, 0.6) is 0 Å². The highest BCUT2D eigenvalue weighted by molar-refractivity contribution is 7.16. The van der Waals surface area contributed by atoms with Crippen LogP contribution in [-0.4, -0.2) is 87.0 Å². The fraction of sp³-hybridized carbons (Fsp3) is 0.464. The number of piperazine rings is 1. The van der Waals surface area contributed by atoms with E-state index >= 15 is 0 Å². The standard InChI is InChI=1S/C28H31ClF3N7O3S/c1-17-3-2-5-39(17)16-22-25(18-11-19(28(30,31)32)13-20(29)12-18)35-27(43-22)36-26(42)21-14-34-23(15-33-21)38-9-7-37(8-10-38)6-4-24(40)41/h11-15,17H,2-10,16H2,1H3,(H,40,41)(H,35,36,42). The minimum atomic E-state index is -4.57. The molecule has 230 valence electrons. The average Bonchev–Trinajstić information content (AvgIpc) is 3.56. The number of likely N-dealkylation sites (tertiary alicyclic amines) is 1. The Morgan fingerprint density at radius 1 is 1.12 bits per heavy atom. The molecule has 2 aliphatic rings. The molecule has 0 radical (unpaired) electrons. The second-order valence-electron chi connectivity index (χ2n) is 10.7. The Morgan fingerprint density at radius 3 is 2.51 bits per heavy atom. The van der Waals surface area contributed by atoms with Gasteiger partial charge in [-0.3, -0.25) is 24.7 Å². The number of aromatic nitrogens is 3. The maximum atomic E-state index is 13.6. The van der Waals surface area contributed by atoms with Gasteiger partial charge in [0.1, 0.15) is 11.5 Å². The number of carbonyl (C=O) groups excluding carboxylic acids is 1. The highest BCUT2D eigenvalue weighted by Gasteiger charge is 2.32. The van der Waals surface area contributed by atoms with E-state index in [-0.39, 0.29) is 27.8 Å². The molecule has 1 amide bonds. The van der Waals surface area contributed by atoms with Crippen molar-refractivity contribution in [1.29, 1.82) is 0 Å². The smallest absolute Gasteiger partial charge is 0.416 e.